The molecule has 1 aromatic rings. The van der Waals surface area contributed by atoms with E-state index in [1.807, 2.05) is 46.8 Å². The summed E-state index contributed by atoms with van der Waals surface area (Å²) in [5.74, 6) is 0.107. The molecule has 144 valence electrons. The molecule has 1 aromatic carbocycles. The maximum Gasteiger partial charge on any atom is 0.410 e. The van der Waals surface area contributed by atoms with Crippen molar-refractivity contribution in [3.63, 3.8) is 0 Å². The smallest absolute Gasteiger partial charge is 0.410 e. The van der Waals surface area contributed by atoms with E-state index in [-0.39, 0.29) is 17.9 Å². The molecule has 1 heterocycles. The average Bonchev–Trinajstić information content (AvgIpc) is 2.47. The third-order valence-electron chi connectivity index (χ3n) is 4.72. The van der Waals surface area contributed by atoms with Gasteiger partial charge in [-0.1, -0.05) is 36.5 Å². The lowest BCUT2D eigenvalue weighted by atomic mass is 9.94. The molecule has 1 aliphatic rings. The number of hydrogen-bond acceptors (Lipinski definition) is 3. The van der Waals surface area contributed by atoms with Gasteiger partial charge in [-0.15, -0.1) is 0 Å². The first-order valence-corrected chi connectivity index (χ1v) is 9.77. The fourth-order valence-electron chi connectivity index (χ4n) is 3.59. The zero-order valence-electron chi connectivity index (χ0n) is 16.9. The van der Waals surface area contributed by atoms with E-state index in [0.717, 1.165) is 48.8 Å². The zero-order valence-corrected chi connectivity index (χ0v) is 16.9. The number of ketones is 1. The van der Waals surface area contributed by atoms with E-state index >= 15 is 0 Å². The first-order chi connectivity index (χ1) is 12.2. The van der Waals surface area contributed by atoms with Gasteiger partial charge in [0.25, 0.3) is 0 Å². The normalized spacial score (nSPS) is 18.8. The summed E-state index contributed by atoms with van der Waals surface area (Å²) in [5.41, 5.74) is 2.40. The second-order valence-electron chi connectivity index (χ2n) is 8.53. The summed E-state index contributed by atoms with van der Waals surface area (Å²) in [5, 5.41) is 0. The molecule has 0 radical (unpaired) electrons. The van der Waals surface area contributed by atoms with E-state index in [4.69, 9.17) is 4.74 Å². The third kappa shape index (κ3) is 6.15. The largest absolute Gasteiger partial charge is 0.444 e. The van der Waals surface area contributed by atoms with Gasteiger partial charge in [0.05, 0.1) is 0 Å². The Morgan fingerprint density at radius 2 is 1.65 bits per heavy atom. The predicted molar refractivity (Wildman–Crippen MR) is 105 cm³/mol. The van der Waals surface area contributed by atoms with Crippen LogP contribution >= 0.6 is 0 Å². The molecule has 1 saturated heterocycles. The van der Waals surface area contributed by atoms with E-state index < -0.39 is 5.60 Å². The highest BCUT2D eigenvalue weighted by atomic mass is 16.6. The number of nitrogens with zero attached hydrogens (tertiary/aromatic N) is 1. The zero-order chi connectivity index (χ0) is 19.3. The minimum Gasteiger partial charge on any atom is -0.444 e. The summed E-state index contributed by atoms with van der Waals surface area (Å²) in [4.78, 5) is 27.4. The SMILES string of the molecule is Cc1cc(C)cc(C(=O)CC2CCCCCCN2C(=O)OC(C)(C)C)c1. The molecule has 1 unspecified atom stereocenters. The summed E-state index contributed by atoms with van der Waals surface area (Å²) in [6.45, 7) is 10.3. The van der Waals surface area contributed by atoms with Crippen molar-refractivity contribution in [3.05, 3.63) is 34.9 Å². The maximum atomic E-state index is 12.9. The summed E-state index contributed by atoms with van der Waals surface area (Å²) < 4.78 is 5.61. The van der Waals surface area contributed by atoms with Gasteiger partial charge in [0.15, 0.2) is 5.78 Å². The highest BCUT2D eigenvalue weighted by Gasteiger charge is 2.30. The van der Waals surface area contributed by atoms with Crippen LogP contribution in [0, 0.1) is 13.8 Å². The standard InChI is InChI=1S/C22H33NO3/c1-16-12-17(2)14-18(13-16)20(24)15-19-10-8-6-7-9-11-23(19)21(25)26-22(3,4)5/h12-14,19H,6-11,15H2,1-5H3. The Labute approximate surface area is 157 Å². The summed E-state index contributed by atoms with van der Waals surface area (Å²) in [6, 6.07) is 5.87. The molecular formula is C22H33NO3. The quantitative estimate of drug-likeness (QED) is 0.675. The number of Topliss-reactive ketones (excluding diaryl/α,β-unsaturated/α-hetero) is 1. The lowest BCUT2D eigenvalue weighted by Crippen LogP contribution is -2.45. The average molecular weight is 360 g/mol. The molecule has 0 saturated carbocycles. The van der Waals surface area contributed by atoms with Crippen molar-refractivity contribution in [2.45, 2.75) is 84.8 Å². The lowest BCUT2D eigenvalue weighted by molar-refractivity contribution is 0.0129. The van der Waals surface area contributed by atoms with Crippen molar-refractivity contribution < 1.29 is 14.3 Å². The van der Waals surface area contributed by atoms with Crippen LogP contribution in [0.3, 0.4) is 0 Å². The second-order valence-corrected chi connectivity index (χ2v) is 8.53. The summed E-state index contributed by atoms with van der Waals surface area (Å²) >= 11 is 0. The van der Waals surface area contributed by atoms with Crippen molar-refractivity contribution in [2.75, 3.05) is 6.54 Å². The number of likely N-dealkylation sites (tertiary alicyclic amines) is 1. The van der Waals surface area contributed by atoms with E-state index in [9.17, 15) is 9.59 Å². The van der Waals surface area contributed by atoms with Gasteiger partial charge in [-0.25, -0.2) is 4.79 Å². The van der Waals surface area contributed by atoms with Crippen molar-refractivity contribution in [1.82, 2.24) is 4.90 Å². The van der Waals surface area contributed by atoms with Crippen LogP contribution in [-0.4, -0.2) is 35.0 Å². The van der Waals surface area contributed by atoms with Gasteiger partial charge in [0.1, 0.15) is 5.60 Å². The molecule has 1 fully saturated rings. The van der Waals surface area contributed by atoms with Gasteiger partial charge in [-0.3, -0.25) is 4.79 Å². The molecule has 0 spiro atoms. The number of rotatable bonds is 3. The highest BCUT2D eigenvalue weighted by molar-refractivity contribution is 5.97. The Morgan fingerprint density at radius 1 is 1.04 bits per heavy atom. The molecule has 1 amide bonds. The molecule has 0 bridgehead atoms. The molecule has 4 nitrogen and oxygen atoms in total. The van der Waals surface area contributed by atoms with E-state index in [2.05, 4.69) is 6.07 Å². The van der Waals surface area contributed by atoms with Crippen LogP contribution in [0.1, 0.15) is 80.8 Å². The molecule has 4 heteroatoms. The minimum absolute atomic E-state index is 0.0848. The van der Waals surface area contributed by atoms with Gasteiger partial charge in [0.2, 0.25) is 0 Å². The van der Waals surface area contributed by atoms with Gasteiger partial charge in [-0.05, 0) is 59.6 Å². The number of amides is 1. The third-order valence-corrected chi connectivity index (χ3v) is 4.72. The number of hydrogen-bond donors (Lipinski definition) is 0. The Kier molecular flexibility index (Phi) is 6.85. The molecule has 0 N–H and O–H groups in total. The fraction of sp³-hybridized carbons (Fsp3) is 0.636. The number of carbonyl (C=O) groups excluding carboxylic acids is 2. The van der Waals surface area contributed by atoms with Crippen LogP contribution in [0.15, 0.2) is 18.2 Å². The van der Waals surface area contributed by atoms with Gasteiger partial charge in [-0.2, -0.15) is 0 Å². The van der Waals surface area contributed by atoms with Crippen LogP contribution in [0.25, 0.3) is 0 Å². The molecule has 2 rings (SSSR count). The Morgan fingerprint density at radius 3 is 2.27 bits per heavy atom. The molecule has 1 aliphatic heterocycles. The molecule has 26 heavy (non-hydrogen) atoms. The summed E-state index contributed by atoms with van der Waals surface area (Å²) in [6.07, 6.45) is 5.22. The van der Waals surface area contributed by atoms with Crippen molar-refractivity contribution in [1.29, 1.82) is 0 Å². The number of carbonyl (C=O) groups is 2. The predicted octanol–water partition coefficient (Wildman–Crippen LogP) is 5.45. The number of ether oxygens (including phenoxy) is 1. The highest BCUT2D eigenvalue weighted by Crippen LogP contribution is 2.23. The van der Waals surface area contributed by atoms with Crippen LogP contribution < -0.4 is 0 Å². The number of benzene rings is 1. The first kappa shape index (κ1) is 20.5. The summed E-state index contributed by atoms with van der Waals surface area (Å²) in [7, 11) is 0. The van der Waals surface area contributed by atoms with Gasteiger partial charge in [0, 0.05) is 24.6 Å². The van der Waals surface area contributed by atoms with Crippen LogP contribution in [0.5, 0.6) is 0 Å². The molecule has 1 atom stereocenters. The Balaban J connectivity index is 2.17. The topological polar surface area (TPSA) is 46.6 Å². The fourth-order valence-corrected chi connectivity index (χ4v) is 3.59. The van der Waals surface area contributed by atoms with E-state index in [0.29, 0.717) is 13.0 Å². The monoisotopic (exact) mass is 359 g/mol. The van der Waals surface area contributed by atoms with Crippen LogP contribution in [0.2, 0.25) is 0 Å². The number of aryl methyl sites for hydroxylation is 2. The van der Waals surface area contributed by atoms with Gasteiger partial charge < -0.3 is 9.64 Å². The minimum atomic E-state index is -0.526. The van der Waals surface area contributed by atoms with Crippen molar-refractivity contribution in [3.8, 4) is 0 Å². The second kappa shape index (κ2) is 8.70. The lowest BCUT2D eigenvalue weighted by Gasteiger charge is -2.34. The maximum absolute atomic E-state index is 12.9. The Bertz CT molecular complexity index is 625. The first-order valence-electron chi connectivity index (χ1n) is 9.77. The van der Waals surface area contributed by atoms with Crippen LogP contribution in [-0.2, 0) is 4.74 Å². The molecular weight excluding hydrogens is 326 g/mol. The Hall–Kier alpha value is -1.84. The van der Waals surface area contributed by atoms with Crippen molar-refractivity contribution >= 4 is 11.9 Å². The molecule has 0 aromatic heterocycles. The van der Waals surface area contributed by atoms with E-state index in [1.165, 1.54) is 0 Å². The van der Waals surface area contributed by atoms with Crippen molar-refractivity contribution in [2.24, 2.45) is 0 Å². The van der Waals surface area contributed by atoms with E-state index in [1.54, 1.807) is 4.90 Å². The van der Waals surface area contributed by atoms with Crippen LogP contribution in [0.4, 0.5) is 4.79 Å². The molecule has 0 aliphatic carbocycles. The van der Waals surface area contributed by atoms with Gasteiger partial charge >= 0.3 is 6.09 Å².